The van der Waals surface area contributed by atoms with E-state index in [9.17, 15) is 4.79 Å². The summed E-state index contributed by atoms with van der Waals surface area (Å²) < 4.78 is 1.94. The van der Waals surface area contributed by atoms with Crippen molar-refractivity contribution in [1.82, 2.24) is 20.0 Å². The molecule has 3 rings (SSSR count). The monoisotopic (exact) mass is 308 g/mol. The molecule has 2 aliphatic heterocycles. The molecular formula is C15H24N4O3. The van der Waals surface area contributed by atoms with Gasteiger partial charge in [-0.05, 0) is 26.8 Å². The number of nitrogens with zero attached hydrogens (tertiary/aromatic N) is 3. The quantitative estimate of drug-likeness (QED) is 0.870. The van der Waals surface area contributed by atoms with Crippen molar-refractivity contribution in [3.05, 3.63) is 18.0 Å². The average molecular weight is 308 g/mol. The molecular weight excluding hydrogens is 284 g/mol. The number of carbonyl (C=O) groups excluding carboxylic acids is 1. The first-order valence-corrected chi connectivity index (χ1v) is 7.64. The van der Waals surface area contributed by atoms with Crippen LogP contribution < -0.4 is 5.32 Å². The van der Waals surface area contributed by atoms with E-state index in [4.69, 9.17) is 9.90 Å². The highest BCUT2D eigenvalue weighted by Crippen LogP contribution is 2.27. The lowest BCUT2D eigenvalue weighted by atomic mass is 10.1. The molecule has 2 N–H and O–H groups in total. The van der Waals surface area contributed by atoms with Crippen LogP contribution in [0.4, 0.5) is 0 Å². The Morgan fingerprint density at radius 2 is 2.23 bits per heavy atom. The van der Waals surface area contributed by atoms with Crippen LogP contribution in [0.5, 0.6) is 0 Å². The maximum absolute atomic E-state index is 12.0. The van der Waals surface area contributed by atoms with E-state index in [2.05, 4.69) is 24.3 Å². The molecule has 7 heteroatoms. The first-order chi connectivity index (χ1) is 10.4. The Kier molecular flexibility index (Phi) is 5.18. The van der Waals surface area contributed by atoms with Crippen LogP contribution in [0, 0.1) is 0 Å². The highest BCUT2D eigenvalue weighted by Gasteiger charge is 2.42. The van der Waals surface area contributed by atoms with Crippen molar-refractivity contribution in [2.45, 2.75) is 58.3 Å². The standard InChI is InChI=1S/C13H20N4O.C2H4O2/c1-9(2)17-8-10(6-15-17)7-16-12-3-4-14-11(12)5-13(16)18;1-2(3)4/h6,8-9,11-12,14H,3-5,7H2,1-2H3;1H3,(H,3,4)/t11-,12-;/m1./s1. The lowest BCUT2D eigenvalue weighted by Gasteiger charge is -2.22. The highest BCUT2D eigenvalue weighted by atomic mass is 16.4. The van der Waals surface area contributed by atoms with E-state index in [0.717, 1.165) is 25.5 Å². The molecule has 0 bridgehead atoms. The summed E-state index contributed by atoms with van der Waals surface area (Å²) in [6.45, 7) is 7.03. The summed E-state index contributed by atoms with van der Waals surface area (Å²) in [7, 11) is 0. The van der Waals surface area contributed by atoms with Crippen LogP contribution in [-0.2, 0) is 16.1 Å². The molecule has 0 spiro atoms. The summed E-state index contributed by atoms with van der Waals surface area (Å²) >= 11 is 0. The van der Waals surface area contributed by atoms with Crippen LogP contribution in [0.15, 0.2) is 12.4 Å². The molecule has 2 aliphatic rings. The van der Waals surface area contributed by atoms with Crippen LogP contribution in [0.1, 0.15) is 45.2 Å². The van der Waals surface area contributed by atoms with E-state index >= 15 is 0 Å². The second-order valence-corrected chi connectivity index (χ2v) is 6.08. The molecule has 7 nitrogen and oxygen atoms in total. The van der Waals surface area contributed by atoms with E-state index in [-0.39, 0.29) is 5.91 Å². The van der Waals surface area contributed by atoms with Gasteiger partial charge < -0.3 is 15.3 Å². The Morgan fingerprint density at radius 1 is 1.55 bits per heavy atom. The van der Waals surface area contributed by atoms with Crippen LogP contribution in [0.2, 0.25) is 0 Å². The highest BCUT2D eigenvalue weighted by molar-refractivity contribution is 5.80. The van der Waals surface area contributed by atoms with Crippen molar-refractivity contribution in [1.29, 1.82) is 0 Å². The summed E-state index contributed by atoms with van der Waals surface area (Å²) in [5, 5.41) is 15.2. The van der Waals surface area contributed by atoms with Crippen molar-refractivity contribution in [3.63, 3.8) is 0 Å². The lowest BCUT2D eigenvalue weighted by Crippen LogP contribution is -2.35. The van der Waals surface area contributed by atoms with Gasteiger partial charge >= 0.3 is 0 Å². The number of carboxylic acid groups (broad SMARTS) is 1. The summed E-state index contributed by atoms with van der Waals surface area (Å²) in [5.74, 6) is -0.561. The molecule has 2 fully saturated rings. The molecule has 0 radical (unpaired) electrons. The second kappa shape index (κ2) is 6.91. The first kappa shape index (κ1) is 16.5. The molecule has 22 heavy (non-hydrogen) atoms. The third-order valence-electron chi connectivity index (χ3n) is 3.96. The summed E-state index contributed by atoms with van der Waals surface area (Å²) in [6, 6.07) is 1.13. The maximum atomic E-state index is 12.0. The molecule has 0 aromatic carbocycles. The summed E-state index contributed by atoms with van der Waals surface area (Å²) in [6.07, 6.45) is 5.66. The van der Waals surface area contributed by atoms with E-state index in [1.54, 1.807) is 0 Å². The van der Waals surface area contributed by atoms with E-state index in [1.807, 2.05) is 22.0 Å². The van der Waals surface area contributed by atoms with Crippen LogP contribution in [0.25, 0.3) is 0 Å². The fourth-order valence-corrected chi connectivity index (χ4v) is 2.97. The number of rotatable bonds is 3. The van der Waals surface area contributed by atoms with Gasteiger partial charge in [0.15, 0.2) is 0 Å². The van der Waals surface area contributed by atoms with Gasteiger partial charge in [0.25, 0.3) is 5.97 Å². The number of fused-ring (bicyclic) bond motifs is 1. The molecule has 2 saturated heterocycles. The molecule has 1 aromatic heterocycles. The van der Waals surface area contributed by atoms with Crippen LogP contribution in [-0.4, -0.2) is 50.3 Å². The number of aliphatic carboxylic acids is 1. The predicted octanol–water partition coefficient (Wildman–Crippen LogP) is 1.02. The minimum absolute atomic E-state index is 0.273. The van der Waals surface area contributed by atoms with Gasteiger partial charge in [-0.1, -0.05) is 0 Å². The third kappa shape index (κ3) is 3.85. The fraction of sp³-hybridized carbons (Fsp3) is 0.667. The SMILES string of the molecule is CC(=O)O.CC(C)n1cc(CN2C(=O)C[C@H]3NCC[C@H]32)cn1. The number of carbonyl (C=O) groups is 2. The van der Waals surface area contributed by atoms with Gasteiger partial charge in [-0.25, -0.2) is 0 Å². The minimum atomic E-state index is -0.833. The normalized spacial score (nSPS) is 23.5. The van der Waals surface area contributed by atoms with Gasteiger partial charge in [-0.3, -0.25) is 14.3 Å². The first-order valence-electron chi connectivity index (χ1n) is 7.64. The second-order valence-electron chi connectivity index (χ2n) is 6.08. The summed E-state index contributed by atoms with van der Waals surface area (Å²) in [5.41, 5.74) is 1.13. The number of carboxylic acids is 1. The van der Waals surface area contributed by atoms with Crippen molar-refractivity contribution < 1.29 is 14.7 Å². The van der Waals surface area contributed by atoms with Crippen molar-refractivity contribution in [3.8, 4) is 0 Å². The van der Waals surface area contributed by atoms with Gasteiger partial charge in [-0.2, -0.15) is 5.10 Å². The number of aromatic nitrogens is 2. The maximum Gasteiger partial charge on any atom is 0.300 e. The number of hydrogen-bond acceptors (Lipinski definition) is 4. The Bertz CT molecular complexity index is 537. The van der Waals surface area contributed by atoms with Crippen LogP contribution >= 0.6 is 0 Å². The zero-order valence-corrected chi connectivity index (χ0v) is 13.3. The third-order valence-corrected chi connectivity index (χ3v) is 3.96. The predicted molar refractivity (Wildman–Crippen MR) is 81.3 cm³/mol. The number of amides is 1. The van der Waals surface area contributed by atoms with E-state index in [0.29, 0.717) is 31.1 Å². The molecule has 1 aromatic rings. The van der Waals surface area contributed by atoms with E-state index < -0.39 is 5.97 Å². The van der Waals surface area contributed by atoms with Gasteiger partial charge in [0, 0.05) is 49.8 Å². The molecule has 1 amide bonds. The largest absolute Gasteiger partial charge is 0.481 e. The molecule has 3 heterocycles. The lowest BCUT2D eigenvalue weighted by molar-refractivity contribution is -0.134. The van der Waals surface area contributed by atoms with Crippen molar-refractivity contribution in [2.75, 3.05) is 6.54 Å². The topological polar surface area (TPSA) is 87.5 Å². The molecule has 0 aliphatic carbocycles. The zero-order valence-electron chi connectivity index (χ0n) is 13.3. The van der Waals surface area contributed by atoms with Crippen molar-refractivity contribution >= 4 is 11.9 Å². The van der Waals surface area contributed by atoms with E-state index in [1.165, 1.54) is 0 Å². The fourth-order valence-electron chi connectivity index (χ4n) is 2.97. The number of nitrogens with one attached hydrogen (secondary N) is 1. The zero-order chi connectivity index (χ0) is 16.3. The Morgan fingerprint density at radius 3 is 2.82 bits per heavy atom. The average Bonchev–Trinajstić information content (AvgIpc) is 3.08. The van der Waals surface area contributed by atoms with Crippen molar-refractivity contribution in [2.24, 2.45) is 0 Å². The van der Waals surface area contributed by atoms with Gasteiger partial charge in [0.2, 0.25) is 5.91 Å². The van der Waals surface area contributed by atoms with Gasteiger partial charge in [0.1, 0.15) is 0 Å². The Hall–Kier alpha value is -1.89. The molecule has 2 atom stereocenters. The number of hydrogen-bond donors (Lipinski definition) is 2. The molecule has 0 saturated carbocycles. The Balaban J connectivity index is 0.000000396. The number of likely N-dealkylation sites (tertiary alicyclic amines) is 1. The summed E-state index contributed by atoms with van der Waals surface area (Å²) in [4.78, 5) is 23.0. The minimum Gasteiger partial charge on any atom is -0.481 e. The van der Waals surface area contributed by atoms with Gasteiger partial charge in [-0.15, -0.1) is 0 Å². The Labute approximate surface area is 130 Å². The smallest absolute Gasteiger partial charge is 0.300 e. The molecule has 122 valence electrons. The van der Waals surface area contributed by atoms with Crippen LogP contribution in [0.3, 0.4) is 0 Å². The van der Waals surface area contributed by atoms with Gasteiger partial charge in [0.05, 0.1) is 6.20 Å². The molecule has 0 unspecified atom stereocenters.